The second-order valence-electron chi connectivity index (χ2n) is 3.87. The number of nitrogens with zero attached hydrogens (tertiary/aromatic N) is 1. The molecule has 1 rings (SSSR count). The van der Waals surface area contributed by atoms with Gasteiger partial charge in [-0.2, -0.15) is 13.2 Å². The first-order chi connectivity index (χ1) is 8.77. The van der Waals surface area contributed by atoms with Crippen molar-refractivity contribution in [1.82, 2.24) is 0 Å². The summed E-state index contributed by atoms with van der Waals surface area (Å²) < 4.78 is 37.8. The molecule has 0 radical (unpaired) electrons. The predicted octanol–water partition coefficient (Wildman–Crippen LogP) is 3.08. The molecule has 0 aliphatic carbocycles. The van der Waals surface area contributed by atoms with Gasteiger partial charge in [-0.1, -0.05) is 13.0 Å². The van der Waals surface area contributed by atoms with Crippen molar-refractivity contribution in [2.75, 3.05) is 4.90 Å². The third kappa shape index (κ3) is 3.92. The standard InChI is InChI=1S/C12H13F3N2OS/c1-2-4-10(18)17(11(16)19)9-6-3-5-8(7-9)12(13,14)15/h3,5-7H,2,4H2,1H3,(H2,16,19). The van der Waals surface area contributed by atoms with Crippen molar-refractivity contribution in [3.63, 3.8) is 0 Å². The van der Waals surface area contributed by atoms with Gasteiger partial charge in [0.1, 0.15) is 0 Å². The van der Waals surface area contributed by atoms with Crippen LogP contribution in [0, 0.1) is 0 Å². The van der Waals surface area contributed by atoms with Gasteiger partial charge in [0.25, 0.3) is 0 Å². The summed E-state index contributed by atoms with van der Waals surface area (Å²) in [6.07, 6.45) is -3.77. The van der Waals surface area contributed by atoms with Crippen LogP contribution in [0.3, 0.4) is 0 Å². The van der Waals surface area contributed by atoms with Crippen LogP contribution in [0.5, 0.6) is 0 Å². The predicted molar refractivity (Wildman–Crippen MR) is 70.6 cm³/mol. The molecule has 0 spiro atoms. The molecule has 19 heavy (non-hydrogen) atoms. The Morgan fingerprint density at radius 1 is 1.42 bits per heavy atom. The van der Waals surface area contributed by atoms with Gasteiger partial charge in [-0.15, -0.1) is 0 Å². The van der Waals surface area contributed by atoms with E-state index < -0.39 is 17.6 Å². The highest BCUT2D eigenvalue weighted by atomic mass is 32.1. The minimum atomic E-state index is -4.48. The van der Waals surface area contributed by atoms with E-state index in [2.05, 4.69) is 0 Å². The van der Waals surface area contributed by atoms with Gasteiger partial charge >= 0.3 is 6.18 Å². The van der Waals surface area contributed by atoms with Crippen LogP contribution in [-0.4, -0.2) is 11.0 Å². The average molecular weight is 290 g/mol. The van der Waals surface area contributed by atoms with E-state index in [1.54, 1.807) is 6.92 Å². The molecule has 2 N–H and O–H groups in total. The van der Waals surface area contributed by atoms with E-state index >= 15 is 0 Å². The summed E-state index contributed by atoms with van der Waals surface area (Å²) in [7, 11) is 0. The Hall–Kier alpha value is -1.63. The fourth-order valence-electron chi connectivity index (χ4n) is 1.54. The lowest BCUT2D eigenvalue weighted by atomic mass is 10.1. The van der Waals surface area contributed by atoms with Crippen molar-refractivity contribution in [3.05, 3.63) is 29.8 Å². The van der Waals surface area contributed by atoms with E-state index in [9.17, 15) is 18.0 Å². The molecule has 0 aliphatic heterocycles. The molecule has 7 heteroatoms. The van der Waals surface area contributed by atoms with E-state index in [1.807, 2.05) is 0 Å². The topological polar surface area (TPSA) is 46.3 Å². The van der Waals surface area contributed by atoms with Gasteiger partial charge in [0.15, 0.2) is 5.11 Å². The third-order valence-corrected chi connectivity index (χ3v) is 2.55. The number of halogens is 3. The summed E-state index contributed by atoms with van der Waals surface area (Å²) in [5, 5.41) is -0.266. The third-order valence-electron chi connectivity index (χ3n) is 2.37. The molecule has 0 atom stereocenters. The van der Waals surface area contributed by atoms with Crippen LogP contribution in [0.4, 0.5) is 18.9 Å². The van der Waals surface area contributed by atoms with Gasteiger partial charge < -0.3 is 5.73 Å². The summed E-state index contributed by atoms with van der Waals surface area (Å²) in [6.45, 7) is 1.78. The van der Waals surface area contributed by atoms with Crippen molar-refractivity contribution in [3.8, 4) is 0 Å². The molecular formula is C12H13F3N2OS. The molecule has 0 aromatic heterocycles. The first kappa shape index (κ1) is 15.4. The summed E-state index contributed by atoms with van der Waals surface area (Å²) >= 11 is 4.73. The summed E-state index contributed by atoms with van der Waals surface area (Å²) in [6, 6.07) is 4.35. The number of nitrogens with two attached hydrogens (primary N) is 1. The smallest absolute Gasteiger partial charge is 0.376 e. The van der Waals surface area contributed by atoms with Crippen LogP contribution < -0.4 is 10.6 Å². The maximum Gasteiger partial charge on any atom is 0.416 e. The van der Waals surface area contributed by atoms with Crippen molar-refractivity contribution >= 4 is 28.9 Å². The lowest BCUT2D eigenvalue weighted by molar-refractivity contribution is -0.137. The Kier molecular flexibility index (Phi) is 4.88. The number of amides is 1. The highest BCUT2D eigenvalue weighted by molar-refractivity contribution is 7.80. The molecule has 0 bridgehead atoms. The van der Waals surface area contributed by atoms with Crippen LogP contribution in [0.25, 0.3) is 0 Å². The molecule has 0 saturated heterocycles. The van der Waals surface area contributed by atoms with Crippen LogP contribution in [-0.2, 0) is 11.0 Å². The quantitative estimate of drug-likeness (QED) is 0.870. The number of alkyl halides is 3. The van der Waals surface area contributed by atoms with Gasteiger partial charge in [0.05, 0.1) is 11.3 Å². The lowest BCUT2D eigenvalue weighted by Gasteiger charge is -2.21. The number of benzene rings is 1. The Morgan fingerprint density at radius 3 is 2.53 bits per heavy atom. The fourth-order valence-corrected chi connectivity index (χ4v) is 1.75. The average Bonchev–Trinajstić information content (AvgIpc) is 2.28. The van der Waals surface area contributed by atoms with E-state index in [0.29, 0.717) is 6.42 Å². The first-order valence-electron chi connectivity index (χ1n) is 5.57. The second kappa shape index (κ2) is 6.01. The maximum atomic E-state index is 12.6. The number of hydrogen-bond donors (Lipinski definition) is 1. The van der Waals surface area contributed by atoms with Gasteiger partial charge in [0, 0.05) is 6.42 Å². The molecule has 0 fully saturated rings. The Bertz CT molecular complexity index is 488. The van der Waals surface area contributed by atoms with Crippen molar-refractivity contribution < 1.29 is 18.0 Å². The first-order valence-corrected chi connectivity index (χ1v) is 5.97. The monoisotopic (exact) mass is 290 g/mol. The van der Waals surface area contributed by atoms with Gasteiger partial charge in [-0.05, 0) is 36.8 Å². The van der Waals surface area contributed by atoms with Crippen LogP contribution in [0.15, 0.2) is 24.3 Å². The Morgan fingerprint density at radius 2 is 2.05 bits per heavy atom. The molecule has 0 aliphatic rings. The molecule has 1 aromatic carbocycles. The molecule has 1 aromatic rings. The number of carbonyl (C=O) groups excluding carboxylic acids is 1. The Labute approximate surface area is 114 Å². The van der Waals surface area contributed by atoms with Gasteiger partial charge in [0.2, 0.25) is 5.91 Å². The minimum Gasteiger partial charge on any atom is -0.376 e. The minimum absolute atomic E-state index is 0.0285. The molecule has 0 saturated carbocycles. The normalized spacial score (nSPS) is 11.2. The van der Waals surface area contributed by atoms with E-state index in [4.69, 9.17) is 18.0 Å². The number of carbonyl (C=O) groups is 1. The lowest BCUT2D eigenvalue weighted by Crippen LogP contribution is -2.40. The maximum absolute atomic E-state index is 12.6. The number of anilines is 1. The zero-order chi connectivity index (χ0) is 14.6. The highest BCUT2D eigenvalue weighted by Crippen LogP contribution is 2.31. The van der Waals surface area contributed by atoms with Crippen molar-refractivity contribution in [2.24, 2.45) is 5.73 Å². The molecule has 0 unspecified atom stereocenters. The molecule has 0 heterocycles. The van der Waals surface area contributed by atoms with Gasteiger partial charge in [-0.3, -0.25) is 9.69 Å². The van der Waals surface area contributed by atoms with E-state index in [0.717, 1.165) is 17.0 Å². The van der Waals surface area contributed by atoms with Crippen molar-refractivity contribution in [1.29, 1.82) is 0 Å². The number of hydrogen-bond acceptors (Lipinski definition) is 2. The van der Waals surface area contributed by atoms with Crippen LogP contribution in [0.1, 0.15) is 25.3 Å². The summed E-state index contributed by atoms with van der Waals surface area (Å²) in [4.78, 5) is 12.7. The molecular weight excluding hydrogens is 277 g/mol. The summed E-state index contributed by atoms with van der Waals surface area (Å²) in [5.41, 5.74) is 4.59. The summed E-state index contributed by atoms with van der Waals surface area (Å²) in [5.74, 6) is -0.422. The van der Waals surface area contributed by atoms with E-state index in [1.165, 1.54) is 12.1 Å². The number of thiocarbonyl (C=S) groups is 1. The zero-order valence-electron chi connectivity index (χ0n) is 10.2. The SMILES string of the molecule is CCCC(=O)N(C(N)=S)c1cccc(C(F)(F)F)c1. The fraction of sp³-hybridized carbons (Fsp3) is 0.333. The molecule has 3 nitrogen and oxygen atoms in total. The number of rotatable bonds is 3. The largest absolute Gasteiger partial charge is 0.416 e. The van der Waals surface area contributed by atoms with Crippen LogP contribution in [0.2, 0.25) is 0 Å². The highest BCUT2D eigenvalue weighted by Gasteiger charge is 2.31. The zero-order valence-corrected chi connectivity index (χ0v) is 11.0. The Balaban J connectivity index is 3.17. The van der Waals surface area contributed by atoms with Crippen molar-refractivity contribution in [2.45, 2.75) is 25.9 Å². The molecule has 1 amide bonds. The molecule has 104 valence electrons. The van der Waals surface area contributed by atoms with Gasteiger partial charge in [-0.25, -0.2) is 0 Å². The van der Waals surface area contributed by atoms with Crippen LogP contribution >= 0.6 is 12.2 Å². The van der Waals surface area contributed by atoms with E-state index in [-0.39, 0.29) is 17.2 Å². The second-order valence-corrected chi connectivity index (χ2v) is 4.28.